The van der Waals surface area contributed by atoms with Gasteiger partial charge in [0.15, 0.2) is 12.4 Å². The predicted molar refractivity (Wildman–Crippen MR) is 108 cm³/mol. The average molecular weight is 442 g/mol. The van der Waals surface area contributed by atoms with E-state index in [-0.39, 0.29) is 12.4 Å². The third-order valence-electron chi connectivity index (χ3n) is 3.65. The fraction of sp³-hybridized carbons (Fsp3) is 0.150. The minimum absolute atomic E-state index is 0.0361. The number of furan rings is 1. The Bertz CT molecular complexity index is 1070. The van der Waals surface area contributed by atoms with Gasteiger partial charge in [-0.1, -0.05) is 0 Å². The third-order valence-corrected chi connectivity index (χ3v) is 4.27. The van der Waals surface area contributed by atoms with Crippen molar-refractivity contribution in [3.05, 3.63) is 58.3 Å². The minimum atomic E-state index is -0.460. The number of nitriles is 1. The molecule has 1 N–H and O–H groups in total. The molecule has 7 nitrogen and oxygen atoms in total. The van der Waals surface area contributed by atoms with Crippen molar-refractivity contribution in [1.29, 1.82) is 5.26 Å². The number of carbonyl (C=O) groups is 1. The van der Waals surface area contributed by atoms with Crippen molar-refractivity contribution >= 4 is 39.0 Å². The van der Waals surface area contributed by atoms with Gasteiger partial charge in [0.2, 0.25) is 0 Å². The van der Waals surface area contributed by atoms with E-state index in [1.165, 1.54) is 6.21 Å². The molecule has 28 heavy (non-hydrogen) atoms. The smallest absolute Gasteiger partial charge is 0.307 e. The SMILES string of the molecule is CCOc1ccc2oc(C(=O)N/N=C/c3ccc(OCC#N)c(Br)c3)cc2c1. The summed E-state index contributed by atoms with van der Waals surface area (Å²) in [6.07, 6.45) is 1.49. The van der Waals surface area contributed by atoms with Crippen molar-refractivity contribution < 1.29 is 18.7 Å². The Morgan fingerprint density at radius 2 is 2.14 bits per heavy atom. The van der Waals surface area contributed by atoms with Crippen molar-refractivity contribution in [3.63, 3.8) is 0 Å². The normalized spacial score (nSPS) is 10.8. The molecule has 0 unspecified atom stereocenters. The first-order valence-electron chi connectivity index (χ1n) is 8.40. The molecule has 0 saturated carbocycles. The molecule has 0 bridgehead atoms. The average Bonchev–Trinajstić information content (AvgIpc) is 3.11. The summed E-state index contributed by atoms with van der Waals surface area (Å²) in [5, 5.41) is 13.3. The maximum atomic E-state index is 12.2. The molecule has 0 aliphatic heterocycles. The summed E-state index contributed by atoms with van der Waals surface area (Å²) in [6, 6.07) is 14.1. The van der Waals surface area contributed by atoms with Crippen molar-refractivity contribution in [2.24, 2.45) is 5.10 Å². The fourth-order valence-corrected chi connectivity index (χ4v) is 2.95. The van der Waals surface area contributed by atoms with Gasteiger partial charge in [-0.05, 0) is 70.9 Å². The van der Waals surface area contributed by atoms with Gasteiger partial charge in [-0.3, -0.25) is 4.79 Å². The Kier molecular flexibility index (Phi) is 6.29. The summed E-state index contributed by atoms with van der Waals surface area (Å²) in [4.78, 5) is 12.2. The highest BCUT2D eigenvalue weighted by Gasteiger charge is 2.12. The van der Waals surface area contributed by atoms with Crippen LogP contribution in [0.4, 0.5) is 0 Å². The van der Waals surface area contributed by atoms with Gasteiger partial charge in [0, 0.05) is 5.39 Å². The molecule has 8 heteroatoms. The van der Waals surface area contributed by atoms with E-state index in [0.29, 0.717) is 28.2 Å². The Hall–Kier alpha value is -3.31. The van der Waals surface area contributed by atoms with Gasteiger partial charge < -0.3 is 13.9 Å². The van der Waals surface area contributed by atoms with Crippen LogP contribution < -0.4 is 14.9 Å². The van der Waals surface area contributed by atoms with E-state index in [1.54, 1.807) is 36.4 Å². The maximum Gasteiger partial charge on any atom is 0.307 e. The Balaban J connectivity index is 1.65. The molecule has 2 aromatic carbocycles. The summed E-state index contributed by atoms with van der Waals surface area (Å²) in [5.41, 5.74) is 3.76. The number of rotatable bonds is 7. The molecular formula is C20H16BrN3O4. The lowest BCUT2D eigenvalue weighted by Gasteiger charge is -2.04. The zero-order valence-electron chi connectivity index (χ0n) is 14.9. The second-order valence-corrected chi connectivity index (χ2v) is 6.43. The van der Waals surface area contributed by atoms with Gasteiger partial charge in [-0.2, -0.15) is 10.4 Å². The quantitative estimate of drug-likeness (QED) is 0.436. The van der Waals surface area contributed by atoms with Crippen molar-refractivity contribution in [2.75, 3.05) is 13.2 Å². The highest BCUT2D eigenvalue weighted by Crippen LogP contribution is 2.26. The molecule has 0 atom stereocenters. The number of hydrogen-bond donors (Lipinski definition) is 1. The van der Waals surface area contributed by atoms with E-state index in [2.05, 4.69) is 26.5 Å². The van der Waals surface area contributed by atoms with Crippen molar-refractivity contribution in [3.8, 4) is 17.6 Å². The number of amides is 1. The molecule has 3 aromatic rings. The standard InChI is InChI=1S/C20H16BrN3O4/c1-2-26-15-4-6-17-14(10-15)11-19(28-17)20(25)24-23-12-13-3-5-18(16(21)9-13)27-8-7-22/h3-6,9-12H,2,8H2,1H3,(H,24,25)/b23-12+. The summed E-state index contributed by atoms with van der Waals surface area (Å²) in [7, 11) is 0. The van der Waals surface area contributed by atoms with Crippen LogP contribution in [0.5, 0.6) is 11.5 Å². The van der Waals surface area contributed by atoms with Gasteiger partial charge in [0.05, 0.1) is 17.3 Å². The van der Waals surface area contributed by atoms with Gasteiger partial charge in [0.1, 0.15) is 23.2 Å². The van der Waals surface area contributed by atoms with Crippen LogP contribution in [0.1, 0.15) is 23.0 Å². The number of nitrogens with one attached hydrogen (secondary N) is 1. The topological polar surface area (TPSA) is 96.8 Å². The van der Waals surface area contributed by atoms with Crippen LogP contribution in [-0.2, 0) is 0 Å². The lowest BCUT2D eigenvalue weighted by molar-refractivity contribution is 0.0929. The number of fused-ring (bicyclic) bond motifs is 1. The largest absolute Gasteiger partial charge is 0.494 e. The predicted octanol–water partition coefficient (Wildman–Crippen LogP) is 4.26. The molecule has 0 radical (unpaired) electrons. The number of ether oxygens (including phenoxy) is 2. The number of benzene rings is 2. The van der Waals surface area contributed by atoms with E-state index in [4.69, 9.17) is 19.2 Å². The van der Waals surface area contributed by atoms with Crippen LogP contribution in [0, 0.1) is 11.3 Å². The highest BCUT2D eigenvalue weighted by atomic mass is 79.9. The molecule has 0 fully saturated rings. The highest BCUT2D eigenvalue weighted by molar-refractivity contribution is 9.10. The van der Waals surface area contributed by atoms with Crippen LogP contribution in [0.2, 0.25) is 0 Å². The van der Waals surface area contributed by atoms with Crippen LogP contribution in [-0.4, -0.2) is 25.3 Å². The molecule has 1 amide bonds. The molecule has 142 valence electrons. The summed E-state index contributed by atoms with van der Waals surface area (Å²) in [5.74, 6) is 0.964. The van der Waals surface area contributed by atoms with Crippen LogP contribution in [0.3, 0.4) is 0 Å². The lowest BCUT2D eigenvalue weighted by Crippen LogP contribution is -2.16. The number of carbonyl (C=O) groups excluding carboxylic acids is 1. The lowest BCUT2D eigenvalue weighted by atomic mass is 10.2. The Labute approximate surface area is 169 Å². The maximum absolute atomic E-state index is 12.2. The minimum Gasteiger partial charge on any atom is -0.494 e. The van der Waals surface area contributed by atoms with Gasteiger partial charge >= 0.3 is 5.91 Å². The van der Waals surface area contributed by atoms with Crippen molar-refractivity contribution in [2.45, 2.75) is 6.92 Å². The molecule has 1 heterocycles. The van der Waals surface area contributed by atoms with E-state index >= 15 is 0 Å². The van der Waals surface area contributed by atoms with E-state index < -0.39 is 5.91 Å². The van der Waals surface area contributed by atoms with Crippen LogP contribution in [0.15, 0.2) is 56.5 Å². The first kappa shape index (κ1) is 19.5. The first-order valence-corrected chi connectivity index (χ1v) is 9.19. The number of hydrazone groups is 1. The monoisotopic (exact) mass is 441 g/mol. The number of halogens is 1. The van der Waals surface area contributed by atoms with Crippen LogP contribution in [0.25, 0.3) is 11.0 Å². The fourth-order valence-electron chi connectivity index (χ4n) is 2.43. The number of nitrogens with zero attached hydrogens (tertiary/aromatic N) is 2. The Morgan fingerprint density at radius 3 is 2.89 bits per heavy atom. The van der Waals surface area contributed by atoms with E-state index in [0.717, 1.165) is 10.9 Å². The third kappa shape index (κ3) is 4.69. The molecule has 3 rings (SSSR count). The van der Waals surface area contributed by atoms with Gasteiger partial charge in [0.25, 0.3) is 0 Å². The van der Waals surface area contributed by atoms with E-state index in [1.807, 2.05) is 19.1 Å². The molecule has 1 aromatic heterocycles. The second-order valence-electron chi connectivity index (χ2n) is 5.58. The van der Waals surface area contributed by atoms with Crippen molar-refractivity contribution in [1.82, 2.24) is 5.43 Å². The molecular weight excluding hydrogens is 426 g/mol. The summed E-state index contributed by atoms with van der Waals surface area (Å²) < 4.78 is 16.9. The van der Waals surface area contributed by atoms with Crippen LogP contribution >= 0.6 is 15.9 Å². The second kappa shape index (κ2) is 9.06. The zero-order chi connectivity index (χ0) is 19.9. The summed E-state index contributed by atoms with van der Waals surface area (Å²) >= 11 is 3.36. The van der Waals surface area contributed by atoms with E-state index in [9.17, 15) is 4.79 Å². The zero-order valence-corrected chi connectivity index (χ0v) is 16.5. The molecule has 0 saturated heterocycles. The molecule has 0 spiro atoms. The number of hydrogen-bond acceptors (Lipinski definition) is 6. The molecule has 0 aliphatic rings. The summed E-state index contributed by atoms with van der Waals surface area (Å²) in [6.45, 7) is 2.43. The molecule has 0 aliphatic carbocycles. The Morgan fingerprint density at radius 1 is 1.29 bits per heavy atom. The first-order chi connectivity index (χ1) is 13.6. The van der Waals surface area contributed by atoms with Gasteiger partial charge in [-0.25, -0.2) is 5.43 Å². The van der Waals surface area contributed by atoms with Gasteiger partial charge in [-0.15, -0.1) is 0 Å².